The number of para-hydroxylation sites is 1. The van der Waals surface area contributed by atoms with Gasteiger partial charge in [-0.25, -0.2) is 4.79 Å². The lowest BCUT2D eigenvalue weighted by atomic mass is 10.1. The third-order valence-corrected chi connectivity index (χ3v) is 4.48. The summed E-state index contributed by atoms with van der Waals surface area (Å²) in [4.78, 5) is 21.1. The Morgan fingerprint density at radius 3 is 2.71 bits per heavy atom. The van der Waals surface area contributed by atoms with Gasteiger partial charge in [0.25, 0.3) is 0 Å². The molecular formula is C20H23Cl2N5O. The van der Waals surface area contributed by atoms with Gasteiger partial charge >= 0.3 is 5.69 Å². The third-order valence-electron chi connectivity index (χ3n) is 4.48. The Hall–Kier alpha value is -2.54. The number of nitrogens with one attached hydrogen (secondary N) is 3. The van der Waals surface area contributed by atoms with E-state index < -0.39 is 0 Å². The van der Waals surface area contributed by atoms with E-state index in [0.717, 1.165) is 42.7 Å². The number of H-pyrrole nitrogens is 2. The number of benzene rings is 1. The molecule has 0 fully saturated rings. The van der Waals surface area contributed by atoms with E-state index in [0.29, 0.717) is 0 Å². The predicted molar refractivity (Wildman–Crippen MR) is 117 cm³/mol. The molecule has 4 rings (SSSR count). The number of aryl methyl sites for hydroxylation is 1. The van der Waals surface area contributed by atoms with E-state index in [1.165, 1.54) is 11.1 Å². The monoisotopic (exact) mass is 419 g/mol. The second kappa shape index (κ2) is 10.1. The fourth-order valence-electron chi connectivity index (χ4n) is 3.23. The number of fused-ring (bicyclic) bond motifs is 1. The molecule has 0 unspecified atom stereocenters. The Bertz CT molecular complexity index is 1060. The van der Waals surface area contributed by atoms with Gasteiger partial charge in [-0.3, -0.25) is 4.98 Å². The molecule has 0 spiro atoms. The van der Waals surface area contributed by atoms with Crippen molar-refractivity contribution in [2.75, 3.05) is 6.54 Å². The number of hydrogen-bond donors (Lipinski definition) is 3. The molecular weight excluding hydrogens is 397 g/mol. The number of aromatic amines is 2. The van der Waals surface area contributed by atoms with Crippen molar-refractivity contribution < 1.29 is 0 Å². The average molecular weight is 420 g/mol. The lowest BCUT2D eigenvalue weighted by Gasteiger charge is -2.07. The maximum Gasteiger partial charge on any atom is 0.323 e. The number of nitrogens with zero attached hydrogens (tertiary/aromatic N) is 2. The summed E-state index contributed by atoms with van der Waals surface area (Å²) in [5.41, 5.74) is 4.05. The van der Waals surface area contributed by atoms with Gasteiger partial charge in [-0.05, 0) is 30.7 Å². The molecule has 3 aromatic heterocycles. The van der Waals surface area contributed by atoms with Crippen molar-refractivity contribution >= 4 is 35.7 Å². The van der Waals surface area contributed by atoms with E-state index in [1.54, 1.807) is 12.4 Å². The first-order valence-corrected chi connectivity index (χ1v) is 8.77. The summed E-state index contributed by atoms with van der Waals surface area (Å²) in [7, 11) is 0. The van der Waals surface area contributed by atoms with Crippen LogP contribution in [0.1, 0.15) is 12.0 Å². The first kappa shape index (κ1) is 21.8. The van der Waals surface area contributed by atoms with Gasteiger partial charge in [-0.15, -0.1) is 24.8 Å². The molecule has 3 N–H and O–H groups in total. The summed E-state index contributed by atoms with van der Waals surface area (Å²) in [5, 5.41) is 4.60. The topological polar surface area (TPSA) is 78.5 Å². The Morgan fingerprint density at radius 1 is 1.11 bits per heavy atom. The molecule has 4 aromatic rings. The molecule has 0 aliphatic rings. The lowest BCUT2D eigenvalue weighted by Crippen LogP contribution is -2.16. The number of hydrogen-bond acceptors (Lipinski definition) is 3. The third kappa shape index (κ3) is 4.84. The summed E-state index contributed by atoms with van der Waals surface area (Å²) in [6.45, 7) is 2.67. The van der Waals surface area contributed by atoms with Gasteiger partial charge in [0.1, 0.15) is 0 Å². The minimum Gasteiger partial charge on any atom is -0.347 e. The highest BCUT2D eigenvalue weighted by molar-refractivity contribution is 5.95. The molecule has 0 aliphatic heterocycles. The van der Waals surface area contributed by atoms with Crippen molar-refractivity contribution in [3.8, 4) is 11.3 Å². The van der Waals surface area contributed by atoms with Gasteiger partial charge in [-0.2, -0.15) is 0 Å². The fraction of sp³-hybridized carbons (Fsp3) is 0.200. The van der Waals surface area contributed by atoms with E-state index >= 15 is 0 Å². The van der Waals surface area contributed by atoms with Crippen LogP contribution in [0.2, 0.25) is 0 Å². The van der Waals surface area contributed by atoms with Crippen LogP contribution < -0.4 is 11.0 Å². The van der Waals surface area contributed by atoms with Crippen LogP contribution in [0, 0.1) is 0 Å². The van der Waals surface area contributed by atoms with Crippen LogP contribution >= 0.6 is 24.8 Å². The second-order valence-corrected chi connectivity index (χ2v) is 6.30. The maximum atomic E-state index is 11.4. The van der Waals surface area contributed by atoms with Gasteiger partial charge in [0, 0.05) is 54.3 Å². The molecule has 0 saturated carbocycles. The van der Waals surface area contributed by atoms with Gasteiger partial charge in [0.05, 0.1) is 5.69 Å². The first-order chi connectivity index (χ1) is 12.8. The molecule has 6 nitrogen and oxygen atoms in total. The Kier molecular flexibility index (Phi) is 7.87. The van der Waals surface area contributed by atoms with Gasteiger partial charge in [-0.1, -0.05) is 24.3 Å². The molecule has 28 heavy (non-hydrogen) atoms. The summed E-state index contributed by atoms with van der Waals surface area (Å²) < 4.78 is 2.25. The number of pyridine rings is 1. The minimum atomic E-state index is -0.184. The standard InChI is InChI=1S/C20H21N5O.2ClH/c26-20-23-13-18(24-20)17-14-25(19-7-2-1-6-16(17)19)10-4-9-22-12-15-5-3-8-21-11-15;;/h1-3,5-8,11,13-14,22H,4,9-10,12H2,(H2,23,24,26);2*1H. The van der Waals surface area contributed by atoms with Gasteiger partial charge in [0.15, 0.2) is 0 Å². The summed E-state index contributed by atoms with van der Waals surface area (Å²) in [6.07, 6.45) is 8.53. The zero-order chi connectivity index (χ0) is 17.8. The molecule has 0 amide bonds. The molecule has 8 heteroatoms. The van der Waals surface area contributed by atoms with E-state index in [9.17, 15) is 4.79 Å². The lowest BCUT2D eigenvalue weighted by molar-refractivity contribution is 0.590. The van der Waals surface area contributed by atoms with E-state index in [-0.39, 0.29) is 30.5 Å². The Balaban J connectivity index is 0.00000140. The fourth-order valence-corrected chi connectivity index (χ4v) is 3.23. The molecule has 0 radical (unpaired) electrons. The van der Waals surface area contributed by atoms with Crippen LogP contribution in [0.4, 0.5) is 0 Å². The Labute approximate surface area is 175 Å². The summed E-state index contributed by atoms with van der Waals surface area (Å²) in [6, 6.07) is 12.3. The highest BCUT2D eigenvalue weighted by atomic mass is 35.5. The highest BCUT2D eigenvalue weighted by Gasteiger charge is 2.11. The van der Waals surface area contributed by atoms with Crippen molar-refractivity contribution in [1.29, 1.82) is 0 Å². The van der Waals surface area contributed by atoms with E-state index in [2.05, 4.69) is 49.2 Å². The number of rotatable bonds is 7. The van der Waals surface area contributed by atoms with Crippen LogP contribution in [0.15, 0.2) is 66.0 Å². The largest absolute Gasteiger partial charge is 0.347 e. The summed E-state index contributed by atoms with van der Waals surface area (Å²) in [5.74, 6) is 0. The highest BCUT2D eigenvalue weighted by Crippen LogP contribution is 2.28. The van der Waals surface area contributed by atoms with Crippen molar-refractivity contribution in [1.82, 2.24) is 24.8 Å². The Morgan fingerprint density at radius 2 is 1.96 bits per heavy atom. The number of aromatic nitrogens is 4. The molecule has 0 saturated heterocycles. The summed E-state index contributed by atoms with van der Waals surface area (Å²) >= 11 is 0. The number of imidazole rings is 1. The SMILES string of the molecule is Cl.Cl.O=c1[nH]cc(-c2cn(CCCNCc3cccnc3)c3ccccc23)[nH]1. The molecule has 148 valence electrons. The molecule has 0 aliphatic carbocycles. The average Bonchev–Trinajstić information content (AvgIpc) is 3.26. The van der Waals surface area contributed by atoms with Crippen molar-refractivity contribution in [2.45, 2.75) is 19.5 Å². The molecule has 1 aromatic carbocycles. The minimum absolute atomic E-state index is 0. The zero-order valence-corrected chi connectivity index (χ0v) is 16.9. The smallest absolute Gasteiger partial charge is 0.323 e. The van der Waals surface area contributed by atoms with Crippen LogP contribution in [0.3, 0.4) is 0 Å². The molecule has 3 heterocycles. The van der Waals surface area contributed by atoms with Gasteiger partial charge < -0.3 is 19.9 Å². The van der Waals surface area contributed by atoms with Crippen LogP contribution in [-0.2, 0) is 13.1 Å². The second-order valence-electron chi connectivity index (χ2n) is 6.30. The first-order valence-electron chi connectivity index (χ1n) is 8.77. The van der Waals surface area contributed by atoms with E-state index in [1.807, 2.05) is 24.4 Å². The van der Waals surface area contributed by atoms with Crippen molar-refractivity contribution in [3.63, 3.8) is 0 Å². The number of halogens is 2. The van der Waals surface area contributed by atoms with Crippen LogP contribution in [0.25, 0.3) is 22.2 Å². The van der Waals surface area contributed by atoms with Crippen LogP contribution in [-0.4, -0.2) is 26.1 Å². The molecule has 0 atom stereocenters. The maximum absolute atomic E-state index is 11.4. The van der Waals surface area contributed by atoms with E-state index in [4.69, 9.17) is 0 Å². The quantitative estimate of drug-likeness (QED) is 0.399. The van der Waals surface area contributed by atoms with Crippen molar-refractivity contribution in [3.05, 3.63) is 77.2 Å². The van der Waals surface area contributed by atoms with Gasteiger partial charge in [0.2, 0.25) is 0 Å². The predicted octanol–water partition coefficient (Wildman–Crippen LogP) is 3.74. The van der Waals surface area contributed by atoms with Crippen LogP contribution in [0.5, 0.6) is 0 Å². The zero-order valence-electron chi connectivity index (χ0n) is 15.2. The van der Waals surface area contributed by atoms with Crippen molar-refractivity contribution in [2.24, 2.45) is 0 Å². The normalized spacial score (nSPS) is 10.4. The molecule has 0 bridgehead atoms.